The van der Waals surface area contributed by atoms with Crippen molar-refractivity contribution in [3.63, 3.8) is 0 Å². The van der Waals surface area contributed by atoms with Crippen molar-refractivity contribution in [2.75, 3.05) is 19.5 Å². The molecule has 7 heteroatoms. The van der Waals surface area contributed by atoms with Gasteiger partial charge in [0.05, 0.1) is 14.2 Å². The summed E-state index contributed by atoms with van der Waals surface area (Å²) in [6.07, 6.45) is 3.20. The van der Waals surface area contributed by atoms with E-state index in [1.165, 1.54) is 13.2 Å². The topological polar surface area (TPSA) is 93.4 Å². The second-order valence-electron chi connectivity index (χ2n) is 6.17. The highest BCUT2D eigenvalue weighted by Gasteiger charge is 2.14. The smallest absolute Gasteiger partial charge is 0.348 e. The molecule has 0 aliphatic carbocycles. The Bertz CT molecular complexity index is 1140. The number of methoxy groups -OCH3 is 2. The first-order chi connectivity index (χ1) is 14.0. The van der Waals surface area contributed by atoms with Gasteiger partial charge in [-0.3, -0.25) is 4.79 Å². The third-order valence-electron chi connectivity index (χ3n) is 4.31. The lowest BCUT2D eigenvalue weighted by Crippen LogP contribution is -2.18. The summed E-state index contributed by atoms with van der Waals surface area (Å²) in [5, 5.41) is 12.9. The number of hydrogen-bond acceptors (Lipinski definition) is 5. The van der Waals surface area contributed by atoms with Crippen LogP contribution in [0.4, 0.5) is 5.69 Å². The zero-order valence-corrected chi connectivity index (χ0v) is 16.0. The van der Waals surface area contributed by atoms with Gasteiger partial charge in [-0.1, -0.05) is 24.3 Å². The van der Waals surface area contributed by atoms with Crippen LogP contribution in [0.2, 0.25) is 0 Å². The number of para-hydroxylation sites is 1. The molecule has 0 bridgehead atoms. The van der Waals surface area contributed by atoms with Gasteiger partial charge in [0.25, 0.3) is 0 Å². The van der Waals surface area contributed by atoms with Crippen molar-refractivity contribution in [2.24, 2.45) is 0 Å². The Hall–Kier alpha value is -4.05. The van der Waals surface area contributed by atoms with Gasteiger partial charge in [-0.25, -0.2) is 4.79 Å². The summed E-state index contributed by atoms with van der Waals surface area (Å²) < 4.78 is 11.6. The van der Waals surface area contributed by atoms with Crippen molar-refractivity contribution in [3.8, 4) is 11.8 Å². The molecule has 0 spiro atoms. The van der Waals surface area contributed by atoms with Gasteiger partial charge in [-0.05, 0) is 24.3 Å². The molecule has 1 heterocycles. The van der Waals surface area contributed by atoms with Gasteiger partial charge in [-0.15, -0.1) is 0 Å². The normalized spacial score (nSPS) is 11.0. The Morgan fingerprint density at radius 2 is 1.97 bits per heavy atom. The molecule has 0 saturated carbocycles. The summed E-state index contributed by atoms with van der Waals surface area (Å²) in [5.41, 5.74) is 1.97. The van der Waals surface area contributed by atoms with Gasteiger partial charge >= 0.3 is 5.97 Å². The van der Waals surface area contributed by atoms with Crippen molar-refractivity contribution in [2.45, 2.75) is 6.54 Å². The first-order valence-electron chi connectivity index (χ1n) is 8.77. The van der Waals surface area contributed by atoms with Crippen LogP contribution in [0.25, 0.3) is 17.0 Å². The van der Waals surface area contributed by atoms with Gasteiger partial charge in [0.2, 0.25) is 5.91 Å². The molecule has 3 rings (SSSR count). The number of amides is 1. The maximum absolute atomic E-state index is 12.6. The Labute approximate surface area is 167 Å². The molecule has 146 valence electrons. The highest BCUT2D eigenvalue weighted by atomic mass is 16.5. The first-order valence-corrected chi connectivity index (χ1v) is 8.77. The average molecular weight is 389 g/mol. The van der Waals surface area contributed by atoms with Crippen LogP contribution in [0.5, 0.6) is 5.75 Å². The zero-order chi connectivity index (χ0) is 20.8. The number of hydrogen-bond donors (Lipinski definition) is 1. The van der Waals surface area contributed by atoms with Crippen LogP contribution in [0.15, 0.2) is 60.3 Å². The van der Waals surface area contributed by atoms with Crippen LogP contribution in [0.1, 0.15) is 5.56 Å². The van der Waals surface area contributed by atoms with Gasteiger partial charge in [-0.2, -0.15) is 5.26 Å². The Balaban J connectivity index is 1.90. The van der Waals surface area contributed by atoms with E-state index >= 15 is 0 Å². The van der Waals surface area contributed by atoms with Crippen molar-refractivity contribution in [1.29, 1.82) is 5.26 Å². The molecule has 0 aliphatic rings. The van der Waals surface area contributed by atoms with E-state index in [1.807, 2.05) is 30.3 Å². The second kappa shape index (κ2) is 8.76. The number of benzene rings is 2. The molecule has 7 nitrogen and oxygen atoms in total. The summed E-state index contributed by atoms with van der Waals surface area (Å²) in [6, 6.07) is 16.4. The summed E-state index contributed by atoms with van der Waals surface area (Å²) in [5.74, 6) is -0.281. The molecule has 3 aromatic rings. The number of aromatic nitrogens is 1. The van der Waals surface area contributed by atoms with Crippen molar-refractivity contribution in [1.82, 2.24) is 4.57 Å². The monoisotopic (exact) mass is 389 g/mol. The maximum Gasteiger partial charge on any atom is 0.348 e. The molecule has 0 fully saturated rings. The summed E-state index contributed by atoms with van der Waals surface area (Å²) in [6.45, 7) is 0.0612. The number of carbonyl (C=O) groups is 2. The number of anilines is 1. The summed E-state index contributed by atoms with van der Waals surface area (Å²) >= 11 is 0. The van der Waals surface area contributed by atoms with E-state index in [-0.39, 0.29) is 18.0 Å². The van der Waals surface area contributed by atoms with E-state index in [1.54, 1.807) is 42.1 Å². The van der Waals surface area contributed by atoms with Gasteiger partial charge in [0.15, 0.2) is 0 Å². The third kappa shape index (κ3) is 4.45. The minimum Gasteiger partial charge on any atom is -0.497 e. The van der Waals surface area contributed by atoms with Gasteiger partial charge < -0.3 is 19.4 Å². The standard InChI is InChI=1S/C22H19N3O4/c1-28-18-7-5-6-17(11-18)24-21(26)14-25-13-16(10-15(12-23)22(27)29-2)19-8-3-4-9-20(19)25/h3-11,13H,14H2,1-2H3,(H,24,26)/b15-10+. The fourth-order valence-corrected chi connectivity index (χ4v) is 2.98. The van der Waals surface area contributed by atoms with Crippen LogP contribution in [0.3, 0.4) is 0 Å². The molecule has 29 heavy (non-hydrogen) atoms. The quantitative estimate of drug-likeness (QED) is 0.396. The number of nitrogens with zero attached hydrogens (tertiary/aromatic N) is 2. The fraction of sp³-hybridized carbons (Fsp3) is 0.136. The lowest BCUT2D eigenvalue weighted by atomic mass is 10.1. The number of ether oxygens (including phenoxy) is 2. The highest BCUT2D eigenvalue weighted by molar-refractivity contribution is 6.01. The van der Waals surface area contributed by atoms with Crippen LogP contribution < -0.4 is 10.1 Å². The second-order valence-corrected chi connectivity index (χ2v) is 6.17. The molecule has 0 aliphatic heterocycles. The Kier molecular flexibility index (Phi) is 5.95. The van der Waals surface area contributed by atoms with Crippen LogP contribution in [0, 0.1) is 11.3 Å². The highest BCUT2D eigenvalue weighted by Crippen LogP contribution is 2.24. The first kappa shape index (κ1) is 19.7. The van der Waals surface area contributed by atoms with Crippen molar-refractivity contribution >= 4 is 34.5 Å². The molecular weight excluding hydrogens is 370 g/mol. The van der Waals surface area contributed by atoms with E-state index in [2.05, 4.69) is 10.1 Å². The van der Waals surface area contributed by atoms with Crippen LogP contribution in [-0.2, 0) is 20.9 Å². The number of nitrogens with one attached hydrogen (secondary N) is 1. The molecule has 2 aromatic carbocycles. The fourth-order valence-electron chi connectivity index (χ4n) is 2.98. The molecule has 0 radical (unpaired) electrons. The number of nitriles is 1. The molecule has 0 atom stereocenters. The lowest BCUT2D eigenvalue weighted by Gasteiger charge is -2.08. The van der Waals surface area contributed by atoms with Crippen molar-refractivity contribution < 1.29 is 19.1 Å². The lowest BCUT2D eigenvalue weighted by molar-refractivity contribution is -0.135. The third-order valence-corrected chi connectivity index (χ3v) is 4.31. The van der Waals surface area contributed by atoms with E-state index in [4.69, 9.17) is 4.74 Å². The summed E-state index contributed by atoms with van der Waals surface area (Å²) in [4.78, 5) is 24.3. The van der Waals surface area contributed by atoms with Crippen LogP contribution >= 0.6 is 0 Å². The van der Waals surface area contributed by atoms with Crippen molar-refractivity contribution in [3.05, 3.63) is 65.9 Å². The zero-order valence-electron chi connectivity index (χ0n) is 16.0. The van der Waals surface area contributed by atoms with E-state index in [0.29, 0.717) is 17.0 Å². The molecule has 1 N–H and O–H groups in total. The van der Waals surface area contributed by atoms with E-state index in [0.717, 1.165) is 10.9 Å². The van der Waals surface area contributed by atoms with Gasteiger partial charge in [0, 0.05) is 34.4 Å². The average Bonchev–Trinajstić information content (AvgIpc) is 3.08. The Morgan fingerprint density at radius 1 is 1.17 bits per heavy atom. The molecule has 1 aromatic heterocycles. The SMILES string of the molecule is COC(=O)/C(C#N)=C/c1cn(CC(=O)Nc2cccc(OC)c2)c2ccccc12. The Morgan fingerprint density at radius 3 is 2.69 bits per heavy atom. The van der Waals surface area contributed by atoms with Crippen LogP contribution in [-0.4, -0.2) is 30.7 Å². The number of esters is 1. The minimum atomic E-state index is -0.708. The van der Waals surface area contributed by atoms with E-state index < -0.39 is 5.97 Å². The minimum absolute atomic E-state index is 0.0612. The summed E-state index contributed by atoms with van der Waals surface area (Å²) in [7, 11) is 2.78. The molecule has 0 saturated heterocycles. The number of fused-ring (bicyclic) bond motifs is 1. The largest absolute Gasteiger partial charge is 0.497 e. The number of rotatable bonds is 6. The van der Waals surface area contributed by atoms with Gasteiger partial charge in [0.1, 0.15) is 23.9 Å². The number of carbonyl (C=O) groups excluding carboxylic acids is 2. The molecule has 0 unspecified atom stereocenters. The van der Waals surface area contributed by atoms with E-state index in [9.17, 15) is 14.9 Å². The predicted molar refractivity (Wildman–Crippen MR) is 109 cm³/mol. The predicted octanol–water partition coefficient (Wildman–Crippen LogP) is 3.37. The molecule has 1 amide bonds. The molecular formula is C22H19N3O4. The maximum atomic E-state index is 12.6.